The zero-order valence-electron chi connectivity index (χ0n) is 19.7. The number of nitrogens with zero attached hydrogens (tertiary/aromatic N) is 2. The smallest absolute Gasteiger partial charge is 0.335 e. The highest BCUT2D eigenvalue weighted by Crippen LogP contribution is 2.40. The van der Waals surface area contributed by atoms with Crippen molar-refractivity contribution in [2.45, 2.75) is 18.9 Å². The van der Waals surface area contributed by atoms with E-state index in [4.69, 9.17) is 10.8 Å². The Balaban J connectivity index is 1.67. The van der Waals surface area contributed by atoms with E-state index in [-0.39, 0.29) is 50.0 Å². The van der Waals surface area contributed by atoms with E-state index in [2.05, 4.69) is 0 Å². The number of imide groups is 2. The van der Waals surface area contributed by atoms with Crippen molar-refractivity contribution in [1.82, 2.24) is 4.90 Å². The lowest BCUT2D eigenvalue weighted by Crippen LogP contribution is -2.51. The molecular formula is C26H17N3O10. The van der Waals surface area contributed by atoms with Crippen LogP contribution in [0.4, 0.5) is 11.4 Å². The third-order valence-corrected chi connectivity index (χ3v) is 6.67. The quantitative estimate of drug-likeness (QED) is 0.255. The summed E-state index contributed by atoms with van der Waals surface area (Å²) in [4.78, 5) is 89.4. The van der Waals surface area contributed by atoms with Crippen molar-refractivity contribution in [2.75, 3.05) is 10.6 Å². The number of carboxylic acids is 3. The Morgan fingerprint density at radius 2 is 1.23 bits per heavy atom. The van der Waals surface area contributed by atoms with Gasteiger partial charge in [0, 0.05) is 39.4 Å². The summed E-state index contributed by atoms with van der Waals surface area (Å²) >= 11 is 0. The molecule has 5 rings (SSSR count). The number of hydrogen-bond acceptors (Lipinski definition) is 8. The van der Waals surface area contributed by atoms with Gasteiger partial charge >= 0.3 is 17.9 Å². The van der Waals surface area contributed by atoms with E-state index >= 15 is 0 Å². The minimum atomic E-state index is -1.76. The van der Waals surface area contributed by atoms with Crippen LogP contribution in [0.3, 0.4) is 0 Å². The zero-order chi connectivity index (χ0) is 28.3. The van der Waals surface area contributed by atoms with Crippen LogP contribution < -0.4 is 10.6 Å². The number of hydrogen-bond donors (Lipinski definition) is 4. The molecule has 2 aliphatic heterocycles. The number of aliphatic carboxylic acids is 2. The van der Waals surface area contributed by atoms with Gasteiger partial charge in [0.1, 0.15) is 6.04 Å². The number of nitrogens with two attached hydrogens (primary N) is 1. The molecule has 3 aromatic carbocycles. The van der Waals surface area contributed by atoms with Crippen molar-refractivity contribution in [1.29, 1.82) is 0 Å². The summed E-state index contributed by atoms with van der Waals surface area (Å²) in [6.45, 7) is 0. The molecular weight excluding hydrogens is 514 g/mol. The van der Waals surface area contributed by atoms with E-state index in [1.54, 1.807) is 0 Å². The molecule has 0 saturated carbocycles. The number of aromatic carboxylic acids is 1. The Kier molecular flexibility index (Phi) is 5.63. The van der Waals surface area contributed by atoms with Gasteiger partial charge in [-0.2, -0.15) is 0 Å². The number of carbonyl (C=O) groups is 7. The summed E-state index contributed by atoms with van der Waals surface area (Å²) < 4.78 is 0. The summed E-state index contributed by atoms with van der Waals surface area (Å²) in [5.74, 6) is -7.99. The molecule has 3 aromatic rings. The van der Waals surface area contributed by atoms with E-state index < -0.39 is 60.4 Å². The molecule has 2 aliphatic rings. The Morgan fingerprint density at radius 3 is 1.67 bits per heavy atom. The third kappa shape index (κ3) is 3.67. The van der Waals surface area contributed by atoms with Crippen LogP contribution in [0, 0.1) is 0 Å². The predicted octanol–water partition coefficient (Wildman–Crippen LogP) is 1.83. The molecule has 0 aromatic heterocycles. The Labute approximate surface area is 217 Å². The molecule has 0 aliphatic carbocycles. The van der Waals surface area contributed by atoms with Crippen LogP contribution in [0.5, 0.6) is 0 Å². The average molecular weight is 531 g/mol. The van der Waals surface area contributed by atoms with Gasteiger partial charge in [-0.3, -0.25) is 28.9 Å². The van der Waals surface area contributed by atoms with Crippen molar-refractivity contribution in [2.24, 2.45) is 0 Å². The molecule has 5 N–H and O–H groups in total. The molecule has 0 spiro atoms. The van der Waals surface area contributed by atoms with Crippen LogP contribution >= 0.6 is 0 Å². The summed E-state index contributed by atoms with van der Waals surface area (Å²) in [7, 11) is 0. The van der Waals surface area contributed by atoms with Crippen molar-refractivity contribution in [3.8, 4) is 0 Å². The van der Waals surface area contributed by atoms with Gasteiger partial charge in [0.25, 0.3) is 23.6 Å². The number of benzene rings is 3. The average Bonchev–Trinajstić information content (AvgIpc) is 2.88. The largest absolute Gasteiger partial charge is 0.481 e. The first-order valence-corrected chi connectivity index (χ1v) is 11.4. The van der Waals surface area contributed by atoms with E-state index in [1.807, 2.05) is 0 Å². The first-order valence-electron chi connectivity index (χ1n) is 11.4. The monoisotopic (exact) mass is 531 g/mol. The lowest BCUT2D eigenvalue weighted by atomic mass is 9.85. The zero-order valence-corrected chi connectivity index (χ0v) is 19.7. The fourth-order valence-electron chi connectivity index (χ4n) is 4.89. The lowest BCUT2D eigenvalue weighted by Gasteiger charge is -2.34. The molecule has 13 heteroatoms. The highest BCUT2D eigenvalue weighted by molar-refractivity contribution is 6.39. The second-order valence-corrected chi connectivity index (χ2v) is 8.86. The highest BCUT2D eigenvalue weighted by Gasteiger charge is 2.44. The maximum absolute atomic E-state index is 13.5. The lowest BCUT2D eigenvalue weighted by molar-refractivity contribution is -0.142. The molecule has 0 unspecified atom stereocenters. The number of carboxylic acid groups (broad SMARTS) is 3. The number of nitrogen functional groups attached to an aromatic ring is 1. The SMILES string of the molecule is Nc1ccc(C(=O)O)cc1N1C(=O)c2ccc3c4c(ccc(c24)C1=O)C(=O)N([C@H](CCC(=O)O)C(=O)O)C3=O. The molecule has 1 atom stereocenters. The topological polar surface area (TPSA) is 213 Å². The summed E-state index contributed by atoms with van der Waals surface area (Å²) in [5.41, 5.74) is 5.12. The molecule has 0 saturated heterocycles. The van der Waals surface area contributed by atoms with Gasteiger partial charge in [-0.05, 0) is 48.9 Å². The standard InChI is InChI=1S/C26H17N3O10/c27-15-6-1-10(25(36)37)9-17(15)29-23(34)13-4-2-11-19-12(3-5-14(20(13)19)24(29)35)22(33)28(21(11)32)16(26(38)39)7-8-18(30)31/h1-6,9,16H,7-8,27H2,(H,30,31)(H,36,37)(H,38,39)/t16-/m1/s1. The molecule has 4 amide bonds. The maximum atomic E-state index is 13.5. The normalized spacial score (nSPS) is 15.1. The Bertz CT molecular complexity index is 1640. The number of anilines is 2. The van der Waals surface area contributed by atoms with Gasteiger partial charge in [0.15, 0.2) is 0 Å². The van der Waals surface area contributed by atoms with E-state index in [1.165, 1.54) is 36.4 Å². The van der Waals surface area contributed by atoms with Gasteiger partial charge in [0.2, 0.25) is 0 Å². The van der Waals surface area contributed by atoms with Gasteiger partial charge in [-0.25, -0.2) is 14.5 Å². The Hall–Kier alpha value is -5.59. The third-order valence-electron chi connectivity index (χ3n) is 6.67. The molecule has 0 radical (unpaired) electrons. The van der Waals surface area contributed by atoms with Crippen molar-refractivity contribution in [3.05, 3.63) is 70.3 Å². The molecule has 2 heterocycles. The van der Waals surface area contributed by atoms with Crippen molar-refractivity contribution >= 4 is 63.7 Å². The molecule has 0 bridgehead atoms. The molecule has 13 nitrogen and oxygen atoms in total. The van der Waals surface area contributed by atoms with Crippen molar-refractivity contribution in [3.63, 3.8) is 0 Å². The van der Waals surface area contributed by atoms with Gasteiger partial charge in [-0.1, -0.05) is 0 Å². The molecule has 196 valence electrons. The van der Waals surface area contributed by atoms with E-state index in [0.29, 0.717) is 9.80 Å². The van der Waals surface area contributed by atoms with Crippen LogP contribution in [0.1, 0.15) is 64.6 Å². The summed E-state index contributed by atoms with van der Waals surface area (Å²) in [5, 5.41) is 28.0. The van der Waals surface area contributed by atoms with E-state index in [9.17, 15) is 43.8 Å². The number of rotatable bonds is 7. The fourth-order valence-corrected chi connectivity index (χ4v) is 4.89. The predicted molar refractivity (Wildman–Crippen MR) is 132 cm³/mol. The second kappa shape index (κ2) is 8.76. The van der Waals surface area contributed by atoms with Gasteiger partial charge in [-0.15, -0.1) is 0 Å². The van der Waals surface area contributed by atoms with Crippen LogP contribution in [0.25, 0.3) is 10.8 Å². The van der Waals surface area contributed by atoms with Crippen molar-refractivity contribution < 1.29 is 48.9 Å². The summed E-state index contributed by atoms with van der Waals surface area (Å²) in [6, 6.07) is 6.67. The summed E-state index contributed by atoms with van der Waals surface area (Å²) in [6.07, 6.45) is -1.14. The van der Waals surface area contributed by atoms with Crippen LogP contribution in [-0.4, -0.2) is 67.8 Å². The fraction of sp³-hybridized carbons (Fsp3) is 0.115. The first-order chi connectivity index (χ1) is 18.4. The number of amides is 4. The molecule has 39 heavy (non-hydrogen) atoms. The van der Waals surface area contributed by atoms with Gasteiger partial charge < -0.3 is 21.1 Å². The minimum absolute atomic E-state index is 0.00275. The van der Waals surface area contributed by atoms with E-state index in [0.717, 1.165) is 6.07 Å². The number of carbonyl (C=O) groups excluding carboxylic acids is 4. The first kappa shape index (κ1) is 25.1. The maximum Gasteiger partial charge on any atom is 0.335 e. The second-order valence-electron chi connectivity index (χ2n) is 8.86. The van der Waals surface area contributed by atoms with Crippen LogP contribution in [-0.2, 0) is 9.59 Å². The van der Waals surface area contributed by atoms with Gasteiger partial charge in [0.05, 0.1) is 16.9 Å². The molecule has 0 fully saturated rings. The minimum Gasteiger partial charge on any atom is -0.481 e. The highest BCUT2D eigenvalue weighted by atomic mass is 16.4. The van der Waals surface area contributed by atoms with Crippen LogP contribution in [0.15, 0.2) is 42.5 Å². The Morgan fingerprint density at radius 1 is 0.744 bits per heavy atom. The van der Waals surface area contributed by atoms with Crippen LogP contribution in [0.2, 0.25) is 0 Å².